The predicted octanol–water partition coefficient (Wildman–Crippen LogP) is 0.267. The van der Waals surface area contributed by atoms with Gasteiger partial charge in [-0.15, -0.1) is 0 Å². The van der Waals surface area contributed by atoms with Crippen molar-refractivity contribution in [3.8, 4) is 0 Å². The first-order valence-electron chi connectivity index (χ1n) is 5.15. The molecular weight excluding hydrogens is 200 g/mol. The monoisotopic (exact) mass is 220 g/mol. The fourth-order valence-electron chi connectivity index (χ4n) is 1.29. The smallest absolute Gasteiger partial charge is 0.213 e. The van der Waals surface area contributed by atoms with Gasteiger partial charge in [0.15, 0.2) is 0 Å². The van der Waals surface area contributed by atoms with Gasteiger partial charge in [-0.2, -0.15) is 0 Å². The molecule has 0 amide bonds. The topological polar surface area (TPSA) is 49.4 Å². The SMILES string of the molecule is CNCCN(C)S(=O)(=O)CCC1CC1. The lowest BCUT2D eigenvalue weighted by molar-refractivity contribution is 0.463. The Morgan fingerprint density at radius 2 is 2.07 bits per heavy atom. The van der Waals surface area contributed by atoms with Crippen molar-refractivity contribution in [1.29, 1.82) is 0 Å². The number of rotatable bonds is 7. The molecule has 5 heteroatoms. The molecule has 1 rings (SSSR count). The highest BCUT2D eigenvalue weighted by atomic mass is 32.2. The second-order valence-corrected chi connectivity index (χ2v) is 6.17. The van der Waals surface area contributed by atoms with E-state index in [0.717, 1.165) is 6.42 Å². The summed E-state index contributed by atoms with van der Waals surface area (Å²) in [7, 11) is 0.482. The first-order valence-corrected chi connectivity index (χ1v) is 6.76. The lowest BCUT2D eigenvalue weighted by Gasteiger charge is -2.16. The van der Waals surface area contributed by atoms with Crippen LogP contribution in [0.25, 0.3) is 0 Å². The van der Waals surface area contributed by atoms with Gasteiger partial charge >= 0.3 is 0 Å². The van der Waals surface area contributed by atoms with E-state index in [0.29, 0.717) is 24.8 Å². The van der Waals surface area contributed by atoms with Crippen molar-refractivity contribution in [3.05, 3.63) is 0 Å². The van der Waals surface area contributed by atoms with Crippen LogP contribution >= 0.6 is 0 Å². The zero-order valence-corrected chi connectivity index (χ0v) is 9.81. The maximum atomic E-state index is 11.7. The van der Waals surface area contributed by atoms with E-state index in [2.05, 4.69) is 5.32 Å². The first kappa shape index (κ1) is 11.9. The third kappa shape index (κ3) is 3.94. The van der Waals surface area contributed by atoms with Crippen LogP contribution in [0.15, 0.2) is 0 Å². The average Bonchev–Trinajstić information content (AvgIpc) is 2.94. The molecule has 14 heavy (non-hydrogen) atoms. The van der Waals surface area contributed by atoms with Gasteiger partial charge in [0.05, 0.1) is 5.75 Å². The van der Waals surface area contributed by atoms with Crippen LogP contribution in [0, 0.1) is 5.92 Å². The average molecular weight is 220 g/mol. The molecule has 1 aliphatic carbocycles. The van der Waals surface area contributed by atoms with Crippen molar-refractivity contribution in [2.75, 3.05) is 32.9 Å². The Balaban J connectivity index is 2.29. The van der Waals surface area contributed by atoms with Crippen LogP contribution in [-0.2, 0) is 10.0 Å². The van der Waals surface area contributed by atoms with Crippen LogP contribution in [0.3, 0.4) is 0 Å². The first-order chi connectivity index (χ1) is 6.56. The Morgan fingerprint density at radius 3 is 2.57 bits per heavy atom. The molecule has 0 heterocycles. The number of nitrogens with one attached hydrogen (secondary N) is 1. The summed E-state index contributed by atoms with van der Waals surface area (Å²) in [6.45, 7) is 1.27. The number of nitrogens with zero attached hydrogens (tertiary/aromatic N) is 1. The molecule has 0 aromatic heterocycles. The van der Waals surface area contributed by atoms with Crippen molar-refractivity contribution in [3.63, 3.8) is 0 Å². The van der Waals surface area contributed by atoms with Crippen LogP contribution in [0.2, 0.25) is 0 Å². The van der Waals surface area contributed by atoms with E-state index in [4.69, 9.17) is 0 Å². The predicted molar refractivity (Wildman–Crippen MR) is 57.7 cm³/mol. The molecule has 0 aliphatic heterocycles. The summed E-state index contributed by atoms with van der Waals surface area (Å²) in [5.74, 6) is 1.00. The molecule has 0 unspecified atom stereocenters. The molecular formula is C9H20N2O2S. The molecule has 0 saturated heterocycles. The Kier molecular flexibility index (Phi) is 4.34. The van der Waals surface area contributed by atoms with Gasteiger partial charge in [-0.25, -0.2) is 12.7 Å². The van der Waals surface area contributed by atoms with Crippen molar-refractivity contribution < 1.29 is 8.42 Å². The highest BCUT2D eigenvalue weighted by molar-refractivity contribution is 7.89. The molecule has 0 spiro atoms. The Hall–Kier alpha value is -0.130. The quantitative estimate of drug-likeness (QED) is 0.670. The maximum Gasteiger partial charge on any atom is 0.213 e. The Morgan fingerprint density at radius 1 is 1.43 bits per heavy atom. The standard InChI is InChI=1S/C9H20N2O2S/c1-10-6-7-11(2)14(12,13)8-5-9-3-4-9/h9-10H,3-8H2,1-2H3. The maximum absolute atomic E-state index is 11.7. The van der Waals surface area contributed by atoms with Crippen LogP contribution in [0.5, 0.6) is 0 Å². The summed E-state index contributed by atoms with van der Waals surface area (Å²) in [6.07, 6.45) is 3.28. The molecule has 1 saturated carbocycles. The fraction of sp³-hybridized carbons (Fsp3) is 1.00. The molecule has 1 N–H and O–H groups in total. The summed E-state index contributed by atoms with van der Waals surface area (Å²) >= 11 is 0. The van der Waals surface area contributed by atoms with Gasteiger partial charge in [-0.3, -0.25) is 0 Å². The molecule has 0 radical (unpaired) electrons. The van der Waals surface area contributed by atoms with Crippen LogP contribution < -0.4 is 5.32 Å². The molecule has 0 aromatic rings. The molecule has 84 valence electrons. The van der Waals surface area contributed by atoms with Gasteiger partial charge in [-0.05, 0) is 19.4 Å². The molecule has 4 nitrogen and oxygen atoms in total. The molecule has 0 atom stereocenters. The Labute approximate surface area is 86.7 Å². The third-order valence-electron chi connectivity index (χ3n) is 2.63. The van der Waals surface area contributed by atoms with Gasteiger partial charge in [0.1, 0.15) is 0 Å². The van der Waals surface area contributed by atoms with Crippen LogP contribution in [0.4, 0.5) is 0 Å². The van der Waals surface area contributed by atoms with E-state index in [1.54, 1.807) is 7.05 Å². The van der Waals surface area contributed by atoms with E-state index in [9.17, 15) is 8.42 Å². The zero-order valence-electron chi connectivity index (χ0n) is 8.99. The van der Waals surface area contributed by atoms with Gasteiger partial charge in [0.2, 0.25) is 10.0 Å². The van der Waals surface area contributed by atoms with Gasteiger partial charge in [-0.1, -0.05) is 12.8 Å². The second-order valence-electron chi connectivity index (χ2n) is 3.97. The lowest BCUT2D eigenvalue weighted by Crippen LogP contribution is -2.34. The number of hydrogen-bond donors (Lipinski definition) is 1. The van der Waals surface area contributed by atoms with Crippen molar-refractivity contribution in [2.24, 2.45) is 5.92 Å². The van der Waals surface area contributed by atoms with Crippen molar-refractivity contribution in [1.82, 2.24) is 9.62 Å². The summed E-state index contributed by atoms with van der Waals surface area (Å²) in [5.41, 5.74) is 0. The number of hydrogen-bond acceptors (Lipinski definition) is 3. The van der Waals surface area contributed by atoms with Crippen LogP contribution in [-0.4, -0.2) is 45.7 Å². The van der Waals surface area contributed by atoms with E-state index in [1.807, 2.05) is 7.05 Å². The molecule has 0 aromatic carbocycles. The minimum Gasteiger partial charge on any atom is -0.318 e. The summed E-state index contributed by atoms with van der Waals surface area (Å²) in [5, 5.41) is 2.94. The fourth-order valence-corrected chi connectivity index (χ4v) is 2.60. The minimum absolute atomic E-state index is 0.317. The highest BCUT2D eigenvalue weighted by Crippen LogP contribution is 2.32. The van der Waals surface area contributed by atoms with E-state index in [-0.39, 0.29) is 0 Å². The second kappa shape index (κ2) is 5.09. The van der Waals surface area contributed by atoms with Gasteiger partial charge in [0, 0.05) is 20.1 Å². The van der Waals surface area contributed by atoms with Crippen molar-refractivity contribution >= 4 is 10.0 Å². The normalized spacial score (nSPS) is 17.6. The largest absolute Gasteiger partial charge is 0.318 e. The number of sulfonamides is 1. The minimum atomic E-state index is -2.99. The summed E-state index contributed by atoms with van der Waals surface area (Å²) < 4.78 is 24.8. The van der Waals surface area contributed by atoms with Gasteiger partial charge < -0.3 is 5.32 Å². The lowest BCUT2D eigenvalue weighted by atomic mass is 10.3. The summed E-state index contributed by atoms with van der Waals surface area (Å²) in [4.78, 5) is 0. The number of likely N-dealkylation sites (N-methyl/N-ethyl adjacent to an activating group) is 2. The third-order valence-corrected chi connectivity index (χ3v) is 4.52. The van der Waals surface area contributed by atoms with Crippen molar-refractivity contribution in [2.45, 2.75) is 19.3 Å². The van der Waals surface area contributed by atoms with E-state index < -0.39 is 10.0 Å². The van der Waals surface area contributed by atoms with Crippen LogP contribution in [0.1, 0.15) is 19.3 Å². The van der Waals surface area contributed by atoms with E-state index in [1.165, 1.54) is 17.1 Å². The van der Waals surface area contributed by atoms with Gasteiger partial charge in [0.25, 0.3) is 0 Å². The molecule has 1 aliphatic rings. The highest BCUT2D eigenvalue weighted by Gasteiger charge is 2.25. The van der Waals surface area contributed by atoms with E-state index >= 15 is 0 Å². The zero-order chi connectivity index (χ0) is 10.6. The molecule has 0 bridgehead atoms. The summed E-state index contributed by atoms with van der Waals surface area (Å²) in [6, 6.07) is 0. The Bertz CT molecular complexity index is 260. The molecule has 1 fully saturated rings.